The molecule has 82 valence electrons. The van der Waals surface area contributed by atoms with Crippen LogP contribution >= 0.6 is 11.6 Å². The lowest BCUT2D eigenvalue weighted by molar-refractivity contribution is -0.117. The number of pyridine rings is 1. The van der Waals surface area contributed by atoms with Gasteiger partial charge in [-0.25, -0.2) is 9.78 Å². The van der Waals surface area contributed by atoms with Crippen molar-refractivity contribution in [2.24, 2.45) is 5.73 Å². The van der Waals surface area contributed by atoms with E-state index in [1.165, 1.54) is 6.07 Å². The minimum atomic E-state index is -1.12. The first-order valence-electron chi connectivity index (χ1n) is 4.16. The molecule has 1 aromatic heterocycles. The summed E-state index contributed by atoms with van der Waals surface area (Å²) in [7, 11) is 0. The van der Waals surface area contributed by atoms with E-state index in [9.17, 15) is 9.59 Å². The molecule has 1 amide bonds. The molecule has 0 bridgehead atoms. The van der Waals surface area contributed by atoms with Crippen molar-refractivity contribution in [1.82, 2.24) is 4.98 Å². The number of nitrogens with zero attached hydrogens (tertiary/aromatic N) is 1. The van der Waals surface area contributed by atoms with Crippen LogP contribution in [-0.2, 0) is 4.79 Å². The molecule has 0 unspecified atom stereocenters. The van der Waals surface area contributed by atoms with Gasteiger partial charge in [-0.3, -0.25) is 4.79 Å². The van der Waals surface area contributed by atoms with E-state index >= 15 is 0 Å². The standard InChI is InChI=1S/C10H7ClN2O3/c11-9-6(2-1-3-8(12)14)4-7(5-13-9)10(15)16/h4-5H,3H2,(H2,12,14)(H,15,16). The van der Waals surface area contributed by atoms with Crippen LogP contribution < -0.4 is 5.73 Å². The highest BCUT2D eigenvalue weighted by atomic mass is 35.5. The van der Waals surface area contributed by atoms with Crippen molar-refractivity contribution in [3.63, 3.8) is 0 Å². The molecule has 16 heavy (non-hydrogen) atoms. The highest BCUT2D eigenvalue weighted by Crippen LogP contribution is 2.13. The maximum Gasteiger partial charge on any atom is 0.337 e. The van der Waals surface area contributed by atoms with E-state index in [0.717, 1.165) is 6.20 Å². The largest absolute Gasteiger partial charge is 0.478 e. The molecule has 1 rings (SSSR count). The first-order valence-corrected chi connectivity index (χ1v) is 4.54. The zero-order valence-electron chi connectivity index (χ0n) is 8.03. The Morgan fingerprint density at radius 2 is 2.25 bits per heavy atom. The number of halogens is 1. The lowest BCUT2D eigenvalue weighted by atomic mass is 10.2. The third-order valence-corrected chi connectivity index (χ3v) is 1.87. The Bertz CT molecular complexity index is 503. The molecule has 3 N–H and O–H groups in total. The normalized spacial score (nSPS) is 9.06. The van der Waals surface area contributed by atoms with E-state index in [0.29, 0.717) is 0 Å². The van der Waals surface area contributed by atoms with Crippen LogP contribution in [0.2, 0.25) is 5.15 Å². The summed E-state index contributed by atoms with van der Waals surface area (Å²) < 4.78 is 0. The first kappa shape index (κ1) is 12.0. The number of carbonyl (C=O) groups excluding carboxylic acids is 1. The number of primary amides is 1. The lowest BCUT2D eigenvalue weighted by Gasteiger charge is -1.97. The maximum atomic E-state index is 10.6. The molecule has 0 aliphatic heterocycles. The molecule has 0 saturated heterocycles. The second kappa shape index (κ2) is 5.14. The molecule has 6 heteroatoms. The number of hydrogen-bond donors (Lipinski definition) is 2. The van der Waals surface area contributed by atoms with Gasteiger partial charge in [0.15, 0.2) is 0 Å². The Balaban J connectivity index is 3.01. The van der Waals surface area contributed by atoms with Crippen molar-refractivity contribution < 1.29 is 14.7 Å². The van der Waals surface area contributed by atoms with Gasteiger partial charge in [0.05, 0.1) is 17.5 Å². The monoisotopic (exact) mass is 238 g/mol. The third kappa shape index (κ3) is 3.26. The van der Waals surface area contributed by atoms with Crippen LogP contribution in [0.15, 0.2) is 12.3 Å². The van der Waals surface area contributed by atoms with E-state index in [2.05, 4.69) is 16.8 Å². The summed E-state index contributed by atoms with van der Waals surface area (Å²) in [6.07, 6.45) is 1.01. The van der Waals surface area contributed by atoms with Crippen molar-refractivity contribution in [2.45, 2.75) is 6.42 Å². The second-order valence-corrected chi connectivity index (χ2v) is 3.17. The molecule has 0 aromatic carbocycles. The molecule has 0 atom stereocenters. The van der Waals surface area contributed by atoms with Gasteiger partial charge in [-0.15, -0.1) is 0 Å². The van der Waals surface area contributed by atoms with Crippen molar-refractivity contribution in [2.75, 3.05) is 0 Å². The Kier molecular flexibility index (Phi) is 3.86. The molecule has 5 nitrogen and oxygen atoms in total. The minimum absolute atomic E-state index is 0.0206. The Morgan fingerprint density at radius 3 is 2.81 bits per heavy atom. The number of aromatic carboxylic acids is 1. The third-order valence-electron chi connectivity index (χ3n) is 1.57. The average Bonchev–Trinajstić information content (AvgIpc) is 2.20. The maximum absolute atomic E-state index is 10.6. The predicted octanol–water partition coefficient (Wildman–Crippen LogP) is 0.660. The van der Waals surface area contributed by atoms with Gasteiger partial charge in [-0.05, 0) is 6.07 Å². The summed E-state index contributed by atoms with van der Waals surface area (Å²) in [5, 5.41) is 8.79. The van der Waals surface area contributed by atoms with Gasteiger partial charge in [-0.2, -0.15) is 0 Å². The van der Waals surface area contributed by atoms with Crippen molar-refractivity contribution in [1.29, 1.82) is 0 Å². The van der Waals surface area contributed by atoms with Crippen LogP contribution in [-0.4, -0.2) is 22.0 Å². The van der Waals surface area contributed by atoms with Gasteiger partial charge in [0.2, 0.25) is 5.91 Å². The number of carboxylic acids is 1. The van der Waals surface area contributed by atoms with Crippen LogP contribution in [0.3, 0.4) is 0 Å². The Morgan fingerprint density at radius 1 is 1.56 bits per heavy atom. The van der Waals surface area contributed by atoms with E-state index in [4.69, 9.17) is 22.4 Å². The predicted molar refractivity (Wildman–Crippen MR) is 56.9 cm³/mol. The number of amides is 1. The second-order valence-electron chi connectivity index (χ2n) is 2.81. The van der Waals surface area contributed by atoms with E-state index < -0.39 is 11.9 Å². The fraction of sp³-hybridized carbons (Fsp3) is 0.100. The van der Waals surface area contributed by atoms with Gasteiger partial charge >= 0.3 is 5.97 Å². The van der Waals surface area contributed by atoms with E-state index in [1.807, 2.05) is 0 Å². The molecule has 0 saturated carbocycles. The molecule has 0 radical (unpaired) electrons. The highest BCUT2D eigenvalue weighted by Gasteiger charge is 2.06. The van der Waals surface area contributed by atoms with Crippen LogP contribution in [0.1, 0.15) is 22.3 Å². The summed E-state index contributed by atoms with van der Waals surface area (Å²) in [5.74, 6) is 3.31. The van der Waals surface area contributed by atoms with Crippen molar-refractivity contribution in [3.05, 3.63) is 28.5 Å². The van der Waals surface area contributed by atoms with E-state index in [1.54, 1.807) is 0 Å². The number of rotatable bonds is 2. The molecular weight excluding hydrogens is 232 g/mol. The van der Waals surface area contributed by atoms with Gasteiger partial charge in [-0.1, -0.05) is 23.4 Å². The number of hydrogen-bond acceptors (Lipinski definition) is 3. The summed E-state index contributed by atoms with van der Waals surface area (Å²) in [5.41, 5.74) is 5.12. The number of carboxylic acid groups (broad SMARTS) is 1. The fourth-order valence-electron chi connectivity index (χ4n) is 0.879. The summed E-state index contributed by atoms with van der Waals surface area (Å²) >= 11 is 5.69. The molecule has 0 aliphatic carbocycles. The number of nitrogens with two attached hydrogens (primary N) is 1. The van der Waals surface area contributed by atoms with Crippen molar-refractivity contribution >= 4 is 23.5 Å². The van der Waals surface area contributed by atoms with Gasteiger partial charge in [0, 0.05) is 6.20 Å². The zero-order chi connectivity index (χ0) is 12.1. The summed E-state index contributed by atoms with van der Waals surface area (Å²) in [6.45, 7) is 0. The smallest absolute Gasteiger partial charge is 0.337 e. The number of aromatic nitrogens is 1. The highest BCUT2D eigenvalue weighted by molar-refractivity contribution is 6.30. The average molecular weight is 239 g/mol. The first-order chi connectivity index (χ1) is 7.50. The summed E-state index contributed by atoms with van der Waals surface area (Å²) in [4.78, 5) is 24.7. The minimum Gasteiger partial charge on any atom is -0.478 e. The molecule has 0 aliphatic rings. The lowest BCUT2D eigenvalue weighted by Crippen LogP contribution is -2.08. The SMILES string of the molecule is NC(=O)CC#Cc1cc(C(=O)O)cnc1Cl. The van der Waals surface area contributed by atoms with Gasteiger partial charge in [0.25, 0.3) is 0 Å². The van der Waals surface area contributed by atoms with Crippen LogP contribution in [0.4, 0.5) is 0 Å². The quantitative estimate of drug-likeness (QED) is 0.585. The van der Waals surface area contributed by atoms with Crippen LogP contribution in [0.5, 0.6) is 0 Å². The fourth-order valence-corrected chi connectivity index (χ4v) is 1.03. The molecule has 1 heterocycles. The number of carbonyl (C=O) groups is 2. The summed E-state index contributed by atoms with van der Waals surface area (Å²) in [6, 6.07) is 1.28. The Labute approximate surface area is 96.2 Å². The molecular formula is C10H7ClN2O3. The van der Waals surface area contributed by atoms with E-state index in [-0.39, 0.29) is 22.7 Å². The van der Waals surface area contributed by atoms with Crippen molar-refractivity contribution in [3.8, 4) is 11.8 Å². The molecule has 0 spiro atoms. The van der Waals surface area contributed by atoms with Crippen LogP contribution in [0, 0.1) is 11.8 Å². The molecule has 1 aromatic rings. The van der Waals surface area contributed by atoms with Gasteiger partial charge in [0.1, 0.15) is 5.15 Å². The van der Waals surface area contributed by atoms with Gasteiger partial charge < -0.3 is 10.8 Å². The van der Waals surface area contributed by atoms with Crippen LogP contribution in [0.25, 0.3) is 0 Å². The molecule has 0 fully saturated rings. The topological polar surface area (TPSA) is 93.3 Å². The zero-order valence-corrected chi connectivity index (χ0v) is 8.78. The Hall–Kier alpha value is -2.06.